The molecule has 36 heavy (non-hydrogen) atoms. The lowest BCUT2D eigenvalue weighted by atomic mass is 10.0. The molecule has 0 radical (unpaired) electrons. The molecule has 0 aliphatic heterocycles. The molecule has 5 aromatic carbocycles. The molecule has 0 spiro atoms. The molecule has 0 amide bonds. The molecule has 0 aromatic heterocycles. The smallest absolute Gasteiger partial charge is 0.497 e. The summed E-state index contributed by atoms with van der Waals surface area (Å²) in [5, 5.41) is 2.08. The number of benzene rings is 5. The molecule has 7 nitrogen and oxygen atoms in total. The van der Waals surface area contributed by atoms with Crippen molar-refractivity contribution < 1.29 is 33.3 Å². The van der Waals surface area contributed by atoms with Gasteiger partial charge in [-0.15, -0.1) is 0 Å². The molecule has 0 N–H and O–H groups in total. The minimum absolute atomic E-state index is 0.240. The maximum atomic E-state index is 12.7. The van der Waals surface area contributed by atoms with E-state index in [4.69, 9.17) is 23.7 Å². The Morgan fingerprint density at radius 1 is 0.472 bits per heavy atom. The van der Waals surface area contributed by atoms with Crippen molar-refractivity contribution >= 4 is 33.9 Å². The molecule has 0 saturated heterocycles. The summed E-state index contributed by atoms with van der Waals surface area (Å²) in [5.74, 6) is 1.72. The third kappa shape index (κ3) is 4.76. The van der Waals surface area contributed by atoms with Gasteiger partial charge in [0.1, 0.15) is 23.0 Å². The average molecular weight is 480 g/mol. The molecule has 0 aliphatic carbocycles. The zero-order chi connectivity index (χ0) is 24.9. The van der Waals surface area contributed by atoms with Gasteiger partial charge in [-0.3, -0.25) is 0 Å². The van der Waals surface area contributed by atoms with E-state index in [1.807, 2.05) is 12.1 Å². The SMILES string of the molecule is COc1ccc2c(OC(=O)Oc3ccccc3)c3ccccc3c(OC(=O)Oc3ccccc3)c2c1. The van der Waals surface area contributed by atoms with Gasteiger partial charge in [-0.1, -0.05) is 60.7 Å². The minimum atomic E-state index is -0.910. The molecule has 0 aliphatic rings. The van der Waals surface area contributed by atoms with Crippen LogP contribution in [-0.2, 0) is 0 Å². The highest BCUT2D eigenvalue weighted by molar-refractivity contribution is 6.12. The first-order valence-electron chi connectivity index (χ1n) is 11.0. The molecular weight excluding hydrogens is 460 g/mol. The van der Waals surface area contributed by atoms with Crippen molar-refractivity contribution in [1.29, 1.82) is 0 Å². The van der Waals surface area contributed by atoms with Crippen LogP contribution in [0.2, 0.25) is 0 Å². The van der Waals surface area contributed by atoms with Gasteiger partial charge in [0.15, 0.2) is 5.75 Å². The molecule has 178 valence electrons. The molecule has 0 atom stereocenters. The first-order chi connectivity index (χ1) is 17.6. The topological polar surface area (TPSA) is 80.3 Å². The maximum Gasteiger partial charge on any atom is 0.519 e. The number of rotatable bonds is 5. The van der Waals surface area contributed by atoms with Gasteiger partial charge >= 0.3 is 12.3 Å². The Kier molecular flexibility index (Phi) is 6.36. The highest BCUT2D eigenvalue weighted by Gasteiger charge is 2.22. The second-order valence-electron chi connectivity index (χ2n) is 7.65. The average Bonchev–Trinajstić information content (AvgIpc) is 2.91. The van der Waals surface area contributed by atoms with E-state index in [1.165, 1.54) is 7.11 Å². The number of para-hydroxylation sites is 2. The zero-order valence-corrected chi connectivity index (χ0v) is 19.2. The zero-order valence-electron chi connectivity index (χ0n) is 19.2. The van der Waals surface area contributed by atoms with Gasteiger partial charge in [0, 0.05) is 21.5 Å². The number of hydrogen-bond acceptors (Lipinski definition) is 7. The number of ether oxygens (including phenoxy) is 5. The number of fused-ring (bicyclic) bond motifs is 2. The first-order valence-corrected chi connectivity index (χ1v) is 11.0. The summed E-state index contributed by atoms with van der Waals surface area (Å²) in [7, 11) is 1.53. The lowest BCUT2D eigenvalue weighted by Crippen LogP contribution is -2.16. The van der Waals surface area contributed by atoms with Crippen molar-refractivity contribution in [2.45, 2.75) is 0 Å². The fourth-order valence-electron chi connectivity index (χ4n) is 3.80. The Morgan fingerprint density at radius 3 is 1.42 bits per heavy atom. The molecule has 5 rings (SSSR count). The predicted octanol–water partition coefficient (Wildman–Crippen LogP) is 7.16. The Morgan fingerprint density at radius 2 is 0.917 bits per heavy atom. The van der Waals surface area contributed by atoms with Crippen molar-refractivity contribution in [1.82, 2.24) is 0 Å². The van der Waals surface area contributed by atoms with E-state index in [9.17, 15) is 9.59 Å². The largest absolute Gasteiger partial charge is 0.519 e. The second kappa shape index (κ2) is 10.1. The summed E-state index contributed by atoms with van der Waals surface area (Å²) < 4.78 is 27.5. The number of carbonyl (C=O) groups is 2. The third-order valence-corrected chi connectivity index (χ3v) is 5.39. The quantitative estimate of drug-likeness (QED) is 0.150. The van der Waals surface area contributed by atoms with Crippen LogP contribution >= 0.6 is 0 Å². The van der Waals surface area contributed by atoms with Crippen molar-refractivity contribution in [2.75, 3.05) is 7.11 Å². The van der Waals surface area contributed by atoms with Gasteiger partial charge in [-0.05, 0) is 42.5 Å². The van der Waals surface area contributed by atoms with E-state index >= 15 is 0 Å². The third-order valence-electron chi connectivity index (χ3n) is 5.39. The van der Waals surface area contributed by atoms with Crippen molar-refractivity contribution in [3.8, 4) is 28.7 Å². The van der Waals surface area contributed by atoms with E-state index in [0.717, 1.165) is 0 Å². The normalized spacial score (nSPS) is 10.6. The predicted molar refractivity (Wildman–Crippen MR) is 134 cm³/mol. The van der Waals surface area contributed by atoms with Gasteiger partial charge in [-0.2, -0.15) is 0 Å². The summed E-state index contributed by atoms with van der Waals surface area (Å²) >= 11 is 0. The lowest BCUT2D eigenvalue weighted by Gasteiger charge is -2.16. The number of methoxy groups -OCH3 is 1. The van der Waals surface area contributed by atoms with Gasteiger partial charge in [-0.25, -0.2) is 9.59 Å². The van der Waals surface area contributed by atoms with Crippen LogP contribution in [0.5, 0.6) is 28.7 Å². The fourth-order valence-corrected chi connectivity index (χ4v) is 3.80. The molecule has 5 aromatic rings. The highest BCUT2D eigenvalue weighted by atomic mass is 16.7. The monoisotopic (exact) mass is 480 g/mol. The Bertz CT molecular complexity index is 1550. The summed E-state index contributed by atoms with van der Waals surface area (Å²) in [6.07, 6.45) is -1.81. The van der Waals surface area contributed by atoms with E-state index in [0.29, 0.717) is 38.8 Å². The van der Waals surface area contributed by atoms with Crippen LogP contribution in [0.4, 0.5) is 9.59 Å². The summed E-state index contributed by atoms with van der Waals surface area (Å²) in [6, 6.07) is 29.5. The van der Waals surface area contributed by atoms with Crippen LogP contribution < -0.4 is 23.7 Å². The van der Waals surface area contributed by atoms with Crippen LogP contribution in [0.3, 0.4) is 0 Å². The molecule has 7 heteroatoms. The molecule has 0 heterocycles. The molecule has 0 saturated carbocycles. The van der Waals surface area contributed by atoms with Crippen molar-refractivity contribution in [3.05, 3.63) is 103 Å². The van der Waals surface area contributed by atoms with E-state index in [2.05, 4.69) is 0 Å². The van der Waals surface area contributed by atoms with Gasteiger partial charge in [0.05, 0.1) is 7.11 Å². The van der Waals surface area contributed by atoms with Crippen LogP contribution in [0.25, 0.3) is 21.5 Å². The summed E-state index contributed by atoms with van der Waals surface area (Å²) in [6.45, 7) is 0. The van der Waals surface area contributed by atoms with Crippen LogP contribution in [0.1, 0.15) is 0 Å². The van der Waals surface area contributed by atoms with Crippen molar-refractivity contribution in [2.24, 2.45) is 0 Å². The Hall–Kier alpha value is -5.04. The van der Waals surface area contributed by atoms with Gasteiger partial charge < -0.3 is 23.7 Å². The first kappa shape index (κ1) is 22.7. The molecule has 0 unspecified atom stereocenters. The summed E-state index contributed by atoms with van der Waals surface area (Å²) in [5.41, 5.74) is 0. The number of carbonyl (C=O) groups excluding carboxylic acids is 2. The van der Waals surface area contributed by atoms with Crippen LogP contribution in [-0.4, -0.2) is 19.4 Å². The fraction of sp³-hybridized carbons (Fsp3) is 0.0345. The molecule has 0 bridgehead atoms. The Balaban J connectivity index is 1.59. The maximum absolute atomic E-state index is 12.7. The van der Waals surface area contributed by atoms with Crippen LogP contribution in [0, 0.1) is 0 Å². The summed E-state index contributed by atoms with van der Waals surface area (Å²) in [4.78, 5) is 25.4. The van der Waals surface area contributed by atoms with E-state index in [1.54, 1.807) is 91.0 Å². The second-order valence-corrected chi connectivity index (χ2v) is 7.65. The number of hydrogen-bond donors (Lipinski definition) is 0. The Labute approximate surface area is 206 Å². The minimum Gasteiger partial charge on any atom is -0.497 e. The van der Waals surface area contributed by atoms with Crippen LogP contribution in [0.15, 0.2) is 103 Å². The van der Waals surface area contributed by atoms with E-state index < -0.39 is 12.3 Å². The van der Waals surface area contributed by atoms with Gasteiger partial charge in [0.2, 0.25) is 0 Å². The van der Waals surface area contributed by atoms with E-state index in [-0.39, 0.29) is 11.5 Å². The standard InChI is InChI=1S/C29H20O7/c1-32-21-16-17-24-25(18-21)27(36-29(31)34-20-12-6-3-7-13-20)23-15-9-8-14-22(23)26(24)35-28(30)33-19-10-4-2-5-11-19/h2-18H,1H3. The highest BCUT2D eigenvalue weighted by Crippen LogP contribution is 2.44. The van der Waals surface area contributed by atoms with Crippen molar-refractivity contribution in [3.63, 3.8) is 0 Å². The lowest BCUT2D eigenvalue weighted by molar-refractivity contribution is 0.151. The molecule has 0 fully saturated rings. The molecular formula is C29H20O7. The van der Waals surface area contributed by atoms with Gasteiger partial charge in [0.25, 0.3) is 0 Å².